The van der Waals surface area contributed by atoms with Gasteiger partial charge in [-0.2, -0.15) is 0 Å². The van der Waals surface area contributed by atoms with Crippen LogP contribution >= 0.6 is 0 Å². The Hall–Kier alpha value is -2.12. The normalized spacial score (nSPS) is 22.4. The lowest BCUT2D eigenvalue weighted by Gasteiger charge is -2.32. The zero-order valence-electron chi connectivity index (χ0n) is 20.7. The zero-order chi connectivity index (χ0) is 24.2. The second-order valence-corrected chi connectivity index (χ2v) is 10.8. The maximum absolute atomic E-state index is 12.6. The van der Waals surface area contributed by atoms with Crippen LogP contribution in [-0.4, -0.2) is 42.6 Å². The molecule has 2 heterocycles. The van der Waals surface area contributed by atoms with Crippen molar-refractivity contribution in [2.75, 3.05) is 0 Å². The van der Waals surface area contributed by atoms with Gasteiger partial charge in [0.1, 0.15) is 5.75 Å². The van der Waals surface area contributed by atoms with E-state index in [1.165, 1.54) is 0 Å². The third-order valence-corrected chi connectivity index (χ3v) is 7.29. The zero-order valence-corrected chi connectivity index (χ0v) is 20.7. The Bertz CT molecular complexity index is 996. The van der Waals surface area contributed by atoms with E-state index in [9.17, 15) is 4.79 Å². The van der Waals surface area contributed by atoms with Crippen molar-refractivity contribution in [2.24, 2.45) is 0 Å². The van der Waals surface area contributed by atoms with E-state index in [0.717, 1.165) is 10.9 Å². The minimum atomic E-state index is -0.470. The monoisotopic (exact) mass is 450 g/mol. The average Bonchev–Trinajstić information content (AvgIpc) is 3.08. The molecule has 0 spiro atoms. The molecule has 0 aromatic heterocycles. The fourth-order valence-corrected chi connectivity index (χ4v) is 3.59. The van der Waals surface area contributed by atoms with E-state index in [-0.39, 0.29) is 0 Å². The number of carbonyl (C=O) groups excluding carboxylic acids is 1. The summed E-state index contributed by atoms with van der Waals surface area (Å²) >= 11 is 0. The quantitative estimate of drug-likeness (QED) is 0.404. The Kier molecular flexibility index (Phi) is 5.81. The van der Waals surface area contributed by atoms with Gasteiger partial charge >= 0.3 is 20.2 Å². The Morgan fingerprint density at radius 1 is 0.606 bits per heavy atom. The molecule has 0 unspecified atom stereocenters. The third kappa shape index (κ3) is 4.50. The minimum absolute atomic E-state index is 0.408. The second kappa shape index (κ2) is 7.98. The summed E-state index contributed by atoms with van der Waals surface area (Å²) in [6.07, 6.45) is 0. The number of rotatable bonds is 4. The predicted molar refractivity (Wildman–Crippen MR) is 129 cm³/mol. The molecule has 0 aliphatic carbocycles. The third-order valence-electron chi connectivity index (χ3n) is 7.29. The summed E-state index contributed by atoms with van der Waals surface area (Å²) in [5.41, 5.74) is 0.537. The molecular weight excluding hydrogens is 418 g/mol. The molecule has 2 saturated heterocycles. The van der Waals surface area contributed by atoms with E-state index in [4.69, 9.17) is 23.4 Å². The molecule has 6 nitrogen and oxygen atoms in total. The van der Waals surface area contributed by atoms with Crippen LogP contribution in [0.4, 0.5) is 0 Å². The van der Waals surface area contributed by atoms with Crippen molar-refractivity contribution in [2.45, 2.75) is 77.8 Å². The summed E-state index contributed by atoms with van der Waals surface area (Å²) in [6, 6.07) is 14.3. The van der Waals surface area contributed by atoms with Crippen molar-refractivity contribution >= 4 is 31.1 Å². The molecule has 0 radical (unpaired) electrons. The highest BCUT2D eigenvalue weighted by Gasteiger charge is 2.52. The van der Waals surface area contributed by atoms with Crippen molar-refractivity contribution in [3.8, 4) is 5.75 Å². The molecule has 33 heavy (non-hydrogen) atoms. The summed E-state index contributed by atoms with van der Waals surface area (Å²) in [6.45, 7) is 16.1. The number of esters is 1. The molecule has 0 saturated carbocycles. The van der Waals surface area contributed by atoms with Crippen molar-refractivity contribution in [3.05, 3.63) is 54.1 Å². The van der Waals surface area contributed by atoms with E-state index >= 15 is 0 Å². The topological polar surface area (TPSA) is 63.2 Å². The summed E-state index contributed by atoms with van der Waals surface area (Å²) in [4.78, 5) is 12.6. The van der Waals surface area contributed by atoms with Crippen LogP contribution < -0.4 is 15.7 Å². The smallest absolute Gasteiger partial charge is 0.423 e. The number of benzene rings is 2. The highest BCUT2D eigenvalue weighted by Crippen LogP contribution is 2.37. The molecule has 2 aliphatic rings. The lowest BCUT2D eigenvalue weighted by atomic mass is 9.79. The van der Waals surface area contributed by atoms with Crippen LogP contribution in [0.3, 0.4) is 0 Å². The molecule has 0 amide bonds. The molecule has 2 aliphatic heterocycles. The molecule has 2 aromatic carbocycles. The Morgan fingerprint density at radius 2 is 0.939 bits per heavy atom. The van der Waals surface area contributed by atoms with Crippen LogP contribution in [0.25, 0.3) is 0 Å². The van der Waals surface area contributed by atoms with Crippen LogP contribution in [-0.2, 0) is 18.6 Å². The lowest BCUT2D eigenvalue weighted by Crippen LogP contribution is -2.41. The Labute approximate surface area is 197 Å². The maximum atomic E-state index is 12.6. The Morgan fingerprint density at radius 3 is 1.30 bits per heavy atom. The van der Waals surface area contributed by atoms with Crippen LogP contribution in [0.1, 0.15) is 65.7 Å². The molecule has 0 bridgehead atoms. The molecule has 4 rings (SSSR count). The predicted octanol–water partition coefficient (Wildman–Crippen LogP) is 3.50. The van der Waals surface area contributed by atoms with E-state index < -0.39 is 42.6 Å². The maximum Gasteiger partial charge on any atom is 0.494 e. The van der Waals surface area contributed by atoms with Crippen LogP contribution in [0.2, 0.25) is 0 Å². The van der Waals surface area contributed by atoms with Crippen LogP contribution in [0.5, 0.6) is 5.75 Å². The molecule has 0 atom stereocenters. The highest BCUT2D eigenvalue weighted by atomic mass is 16.7. The van der Waals surface area contributed by atoms with Gasteiger partial charge in [0.05, 0.1) is 28.0 Å². The van der Waals surface area contributed by atoms with Crippen molar-refractivity contribution in [1.82, 2.24) is 0 Å². The largest absolute Gasteiger partial charge is 0.494 e. The standard InChI is InChI=1S/C25H32B2O6/c1-22(2)23(3,4)31-26(30-22)18-11-9-17(10-12-18)21(28)29-20-15-13-19(14-16-20)27-32-24(5,6)25(7,8)33-27/h9-16H,1-8H3. The van der Waals surface area contributed by atoms with Crippen LogP contribution in [0, 0.1) is 0 Å². The Balaban J connectivity index is 1.39. The molecular formula is C25H32B2O6. The first-order valence-corrected chi connectivity index (χ1v) is 11.3. The summed E-state index contributed by atoms with van der Waals surface area (Å²) in [5.74, 6) is 0.0224. The van der Waals surface area contributed by atoms with E-state index in [2.05, 4.69) is 0 Å². The summed E-state index contributed by atoms with van der Waals surface area (Å²) in [7, 11) is -0.926. The fraction of sp³-hybridized carbons (Fsp3) is 0.480. The van der Waals surface area contributed by atoms with E-state index in [1.54, 1.807) is 24.3 Å². The fourth-order valence-electron chi connectivity index (χ4n) is 3.59. The lowest BCUT2D eigenvalue weighted by molar-refractivity contribution is 0.00578. The number of carbonyl (C=O) groups is 1. The van der Waals surface area contributed by atoms with Gasteiger partial charge in [0.2, 0.25) is 0 Å². The first-order chi connectivity index (χ1) is 15.2. The number of hydrogen-bond donors (Lipinski definition) is 0. The van der Waals surface area contributed by atoms with Crippen LogP contribution in [0.15, 0.2) is 48.5 Å². The first-order valence-electron chi connectivity index (χ1n) is 11.3. The van der Waals surface area contributed by atoms with Crippen molar-refractivity contribution in [3.63, 3.8) is 0 Å². The van der Waals surface area contributed by atoms with Crippen molar-refractivity contribution in [1.29, 1.82) is 0 Å². The average molecular weight is 450 g/mol. The SMILES string of the molecule is CC1(C)OB(c2ccc(OC(=O)c3ccc(B4OC(C)(C)C(C)(C)O4)cc3)cc2)OC1(C)C. The van der Waals surface area contributed by atoms with Gasteiger partial charge in [-0.1, -0.05) is 24.3 Å². The van der Waals surface area contributed by atoms with E-state index in [0.29, 0.717) is 11.3 Å². The number of hydrogen-bond acceptors (Lipinski definition) is 6. The molecule has 8 heteroatoms. The van der Waals surface area contributed by atoms with Gasteiger partial charge in [0.25, 0.3) is 0 Å². The van der Waals surface area contributed by atoms with Gasteiger partial charge in [0.15, 0.2) is 0 Å². The van der Waals surface area contributed by atoms with Gasteiger partial charge in [-0.3, -0.25) is 0 Å². The van der Waals surface area contributed by atoms with Crippen molar-refractivity contribution < 1.29 is 28.1 Å². The van der Waals surface area contributed by atoms with Gasteiger partial charge in [-0.25, -0.2) is 4.79 Å². The minimum Gasteiger partial charge on any atom is -0.423 e. The van der Waals surface area contributed by atoms with E-state index in [1.807, 2.05) is 79.7 Å². The first kappa shape index (κ1) is 24.0. The molecule has 2 fully saturated rings. The van der Waals surface area contributed by atoms with Gasteiger partial charge in [0, 0.05) is 0 Å². The second-order valence-electron chi connectivity index (χ2n) is 10.8. The molecule has 0 N–H and O–H groups in total. The summed E-state index contributed by atoms with van der Waals surface area (Å²) < 4.78 is 29.8. The summed E-state index contributed by atoms with van der Waals surface area (Å²) in [5, 5.41) is 0. The number of ether oxygens (including phenoxy) is 1. The van der Waals surface area contributed by atoms with Gasteiger partial charge in [-0.05, 0) is 90.6 Å². The van der Waals surface area contributed by atoms with Gasteiger partial charge < -0.3 is 23.4 Å². The highest BCUT2D eigenvalue weighted by molar-refractivity contribution is 6.62. The molecule has 174 valence electrons. The molecule has 2 aromatic rings. The van der Waals surface area contributed by atoms with Gasteiger partial charge in [-0.15, -0.1) is 0 Å².